The summed E-state index contributed by atoms with van der Waals surface area (Å²) in [6.45, 7) is 6.22. The maximum atomic E-state index is 13.9. The van der Waals surface area contributed by atoms with Crippen LogP contribution >= 0.6 is 15.9 Å². The number of piperazine rings is 1. The zero-order chi connectivity index (χ0) is 13.9. The van der Waals surface area contributed by atoms with Crippen molar-refractivity contribution >= 4 is 21.7 Å². The van der Waals surface area contributed by atoms with E-state index in [0.29, 0.717) is 16.3 Å². The lowest BCUT2D eigenvalue weighted by molar-refractivity contribution is 0.150. The van der Waals surface area contributed by atoms with E-state index >= 15 is 0 Å². The number of hydrogen-bond donors (Lipinski definition) is 1. The van der Waals surface area contributed by atoms with Crippen molar-refractivity contribution in [2.45, 2.75) is 18.9 Å². The van der Waals surface area contributed by atoms with Crippen molar-refractivity contribution in [3.8, 4) is 0 Å². The van der Waals surface area contributed by atoms with E-state index in [1.165, 1.54) is 6.07 Å². The van der Waals surface area contributed by atoms with Gasteiger partial charge in [-0.25, -0.2) is 9.37 Å². The van der Waals surface area contributed by atoms with Gasteiger partial charge in [-0.2, -0.15) is 0 Å². The monoisotopic (exact) mass is 342 g/mol. The van der Waals surface area contributed by atoms with Gasteiger partial charge in [0, 0.05) is 56.0 Å². The maximum absolute atomic E-state index is 13.9. The van der Waals surface area contributed by atoms with Crippen LogP contribution in [0.1, 0.15) is 12.8 Å². The summed E-state index contributed by atoms with van der Waals surface area (Å²) in [4.78, 5) is 8.86. The van der Waals surface area contributed by atoms with Crippen molar-refractivity contribution in [1.29, 1.82) is 0 Å². The molecule has 0 radical (unpaired) electrons. The molecule has 4 nitrogen and oxygen atoms in total. The highest BCUT2D eigenvalue weighted by Crippen LogP contribution is 2.25. The molecule has 0 aromatic carbocycles. The predicted octanol–water partition coefficient (Wildman–Crippen LogP) is 1.86. The van der Waals surface area contributed by atoms with Gasteiger partial charge in [0.1, 0.15) is 0 Å². The van der Waals surface area contributed by atoms with Gasteiger partial charge in [-0.1, -0.05) is 0 Å². The molecule has 20 heavy (non-hydrogen) atoms. The first-order valence-corrected chi connectivity index (χ1v) is 8.04. The first-order chi connectivity index (χ1) is 9.74. The van der Waals surface area contributed by atoms with Crippen molar-refractivity contribution in [3.63, 3.8) is 0 Å². The summed E-state index contributed by atoms with van der Waals surface area (Å²) in [6.07, 6.45) is 3.86. The highest BCUT2D eigenvalue weighted by atomic mass is 79.9. The van der Waals surface area contributed by atoms with Gasteiger partial charge in [0.25, 0.3) is 0 Å². The summed E-state index contributed by atoms with van der Waals surface area (Å²) in [5.41, 5.74) is 0. The summed E-state index contributed by atoms with van der Waals surface area (Å²) in [7, 11) is 0. The van der Waals surface area contributed by atoms with Crippen molar-refractivity contribution < 1.29 is 4.39 Å². The maximum Gasteiger partial charge on any atom is 0.166 e. The van der Waals surface area contributed by atoms with Crippen LogP contribution in [0.25, 0.3) is 0 Å². The van der Waals surface area contributed by atoms with E-state index in [1.807, 2.05) is 0 Å². The molecule has 1 aromatic rings. The van der Waals surface area contributed by atoms with Crippen molar-refractivity contribution in [1.82, 2.24) is 15.2 Å². The third-order valence-corrected chi connectivity index (χ3v) is 4.65. The first-order valence-electron chi connectivity index (χ1n) is 7.25. The molecule has 0 atom stereocenters. The van der Waals surface area contributed by atoms with Crippen LogP contribution in [0.4, 0.5) is 10.2 Å². The molecule has 2 fully saturated rings. The Labute approximate surface area is 127 Å². The summed E-state index contributed by atoms with van der Waals surface area (Å²) in [5.74, 6) is 0.256. The second-order valence-corrected chi connectivity index (χ2v) is 6.38. The van der Waals surface area contributed by atoms with Gasteiger partial charge < -0.3 is 10.2 Å². The van der Waals surface area contributed by atoms with Gasteiger partial charge in [-0.15, -0.1) is 0 Å². The molecular weight excluding hydrogens is 323 g/mol. The number of pyridine rings is 1. The number of anilines is 1. The molecule has 0 aliphatic carbocycles. The molecule has 2 aliphatic rings. The van der Waals surface area contributed by atoms with E-state index in [-0.39, 0.29) is 5.82 Å². The summed E-state index contributed by atoms with van der Waals surface area (Å²) < 4.78 is 14.6. The minimum Gasteiger partial charge on any atom is -0.354 e. The number of nitrogens with zero attached hydrogens (tertiary/aromatic N) is 3. The molecule has 0 unspecified atom stereocenters. The Morgan fingerprint density at radius 2 is 1.90 bits per heavy atom. The Morgan fingerprint density at radius 1 is 1.20 bits per heavy atom. The molecule has 2 aliphatic heterocycles. The van der Waals surface area contributed by atoms with Gasteiger partial charge in [0.2, 0.25) is 0 Å². The van der Waals surface area contributed by atoms with Gasteiger partial charge in [0.05, 0.1) is 0 Å². The molecule has 0 saturated carbocycles. The second-order valence-electron chi connectivity index (χ2n) is 5.46. The van der Waals surface area contributed by atoms with Crippen LogP contribution in [-0.4, -0.2) is 55.2 Å². The minimum absolute atomic E-state index is 0.236. The molecule has 3 rings (SSSR count). The van der Waals surface area contributed by atoms with Crippen LogP contribution < -0.4 is 10.2 Å². The molecule has 0 bridgehead atoms. The largest absolute Gasteiger partial charge is 0.354 e. The number of halogens is 2. The van der Waals surface area contributed by atoms with E-state index in [1.54, 1.807) is 6.20 Å². The number of hydrogen-bond acceptors (Lipinski definition) is 4. The second kappa shape index (κ2) is 6.37. The van der Waals surface area contributed by atoms with E-state index in [2.05, 4.69) is 36.0 Å². The Bertz CT molecular complexity index is 456. The molecule has 0 amide bonds. The quantitative estimate of drug-likeness (QED) is 0.888. The fraction of sp³-hybridized carbons (Fsp3) is 0.643. The predicted molar refractivity (Wildman–Crippen MR) is 81.6 cm³/mol. The van der Waals surface area contributed by atoms with Crippen LogP contribution in [0.5, 0.6) is 0 Å². The van der Waals surface area contributed by atoms with Gasteiger partial charge in [-0.05, 0) is 34.8 Å². The Kier molecular flexibility index (Phi) is 4.53. The van der Waals surface area contributed by atoms with E-state index in [4.69, 9.17) is 0 Å². The number of nitrogens with one attached hydrogen (secondary N) is 1. The summed E-state index contributed by atoms with van der Waals surface area (Å²) in [5, 5.41) is 3.39. The molecular formula is C14H20BrFN4. The molecule has 3 heterocycles. The van der Waals surface area contributed by atoms with Crippen LogP contribution in [0, 0.1) is 5.82 Å². The third kappa shape index (κ3) is 3.13. The SMILES string of the molecule is Fc1cc(Br)cnc1N1CCC(N2CCNCC2)CC1. The lowest BCUT2D eigenvalue weighted by Gasteiger charge is -2.40. The third-order valence-electron chi connectivity index (χ3n) is 4.22. The highest BCUT2D eigenvalue weighted by molar-refractivity contribution is 9.10. The van der Waals surface area contributed by atoms with E-state index < -0.39 is 0 Å². The number of rotatable bonds is 2. The van der Waals surface area contributed by atoms with E-state index in [0.717, 1.165) is 52.1 Å². The smallest absolute Gasteiger partial charge is 0.166 e. The number of piperidine rings is 1. The van der Waals surface area contributed by atoms with Crippen LogP contribution in [-0.2, 0) is 0 Å². The summed E-state index contributed by atoms with van der Waals surface area (Å²) in [6, 6.07) is 2.14. The normalized spacial score (nSPS) is 22.2. The van der Waals surface area contributed by atoms with Crippen molar-refractivity contribution in [2.24, 2.45) is 0 Å². The Hall–Kier alpha value is -0.720. The van der Waals surface area contributed by atoms with Crippen LogP contribution in [0.3, 0.4) is 0 Å². The zero-order valence-corrected chi connectivity index (χ0v) is 13.1. The lowest BCUT2D eigenvalue weighted by atomic mass is 10.0. The molecule has 110 valence electrons. The molecule has 2 saturated heterocycles. The average molecular weight is 343 g/mol. The topological polar surface area (TPSA) is 31.4 Å². The van der Waals surface area contributed by atoms with Gasteiger partial charge in [0.15, 0.2) is 11.6 Å². The average Bonchev–Trinajstić information content (AvgIpc) is 2.48. The van der Waals surface area contributed by atoms with Crippen molar-refractivity contribution in [2.75, 3.05) is 44.2 Å². The van der Waals surface area contributed by atoms with Crippen molar-refractivity contribution in [3.05, 3.63) is 22.6 Å². The fourth-order valence-electron chi connectivity index (χ4n) is 3.13. The Morgan fingerprint density at radius 3 is 2.55 bits per heavy atom. The lowest BCUT2D eigenvalue weighted by Crippen LogP contribution is -2.52. The van der Waals surface area contributed by atoms with E-state index in [9.17, 15) is 4.39 Å². The van der Waals surface area contributed by atoms with Crippen LogP contribution in [0.15, 0.2) is 16.7 Å². The first kappa shape index (κ1) is 14.2. The number of aromatic nitrogens is 1. The zero-order valence-electron chi connectivity index (χ0n) is 11.5. The standard InChI is InChI=1S/C14H20BrFN4/c15-11-9-13(16)14(18-10-11)20-5-1-12(2-6-20)19-7-3-17-4-8-19/h9-10,12,17H,1-8H2. The fourth-order valence-corrected chi connectivity index (χ4v) is 3.43. The molecule has 6 heteroatoms. The summed E-state index contributed by atoms with van der Waals surface area (Å²) >= 11 is 3.25. The Balaban J connectivity index is 1.60. The molecule has 1 aromatic heterocycles. The van der Waals surface area contributed by atoms with Gasteiger partial charge >= 0.3 is 0 Å². The highest BCUT2D eigenvalue weighted by Gasteiger charge is 2.27. The minimum atomic E-state index is -0.236. The molecule has 0 spiro atoms. The van der Waals surface area contributed by atoms with Crippen LogP contribution in [0.2, 0.25) is 0 Å². The van der Waals surface area contributed by atoms with Gasteiger partial charge in [-0.3, -0.25) is 4.90 Å². The molecule has 1 N–H and O–H groups in total.